The number of nitrogens with zero attached hydrogens (tertiary/aromatic N) is 1. The minimum atomic E-state index is -3.53. The van der Waals surface area contributed by atoms with Crippen LogP contribution in [0.4, 0.5) is 0 Å². The van der Waals surface area contributed by atoms with Crippen LogP contribution < -0.4 is 9.47 Å². The molecule has 134 valence electrons. The summed E-state index contributed by atoms with van der Waals surface area (Å²) in [6.45, 7) is 1.05. The minimum Gasteiger partial charge on any atom is -0.493 e. The SMILES string of the molecule is COc1ccc(S(=O)(=O)N2CCC(c3ccccc3)CC2)cc1OC. The van der Waals surface area contributed by atoms with Crippen molar-refractivity contribution in [2.45, 2.75) is 23.7 Å². The topological polar surface area (TPSA) is 55.8 Å². The van der Waals surface area contributed by atoms with Crippen LogP contribution in [0.2, 0.25) is 0 Å². The number of methoxy groups -OCH3 is 2. The number of hydrogen-bond donors (Lipinski definition) is 0. The van der Waals surface area contributed by atoms with Crippen LogP contribution in [0.1, 0.15) is 24.3 Å². The van der Waals surface area contributed by atoms with E-state index in [1.54, 1.807) is 16.4 Å². The van der Waals surface area contributed by atoms with Gasteiger partial charge in [0.1, 0.15) is 0 Å². The number of rotatable bonds is 5. The van der Waals surface area contributed by atoms with Crippen LogP contribution in [-0.4, -0.2) is 40.0 Å². The van der Waals surface area contributed by atoms with E-state index in [0.717, 1.165) is 12.8 Å². The van der Waals surface area contributed by atoms with Crippen molar-refractivity contribution in [2.24, 2.45) is 0 Å². The van der Waals surface area contributed by atoms with Gasteiger partial charge in [0.2, 0.25) is 10.0 Å². The molecule has 1 fully saturated rings. The van der Waals surface area contributed by atoms with E-state index >= 15 is 0 Å². The molecule has 25 heavy (non-hydrogen) atoms. The molecule has 0 atom stereocenters. The molecule has 5 nitrogen and oxygen atoms in total. The van der Waals surface area contributed by atoms with Gasteiger partial charge in [0.05, 0.1) is 19.1 Å². The van der Waals surface area contributed by atoms with E-state index in [4.69, 9.17) is 9.47 Å². The molecule has 1 aliphatic rings. The van der Waals surface area contributed by atoms with Crippen LogP contribution in [0.15, 0.2) is 53.4 Å². The molecule has 1 heterocycles. The first-order valence-electron chi connectivity index (χ1n) is 8.33. The zero-order chi connectivity index (χ0) is 17.9. The van der Waals surface area contributed by atoms with Crippen LogP contribution in [0, 0.1) is 0 Å². The van der Waals surface area contributed by atoms with Crippen molar-refractivity contribution in [2.75, 3.05) is 27.3 Å². The summed E-state index contributed by atoms with van der Waals surface area (Å²) in [5, 5.41) is 0. The largest absolute Gasteiger partial charge is 0.493 e. The van der Waals surface area contributed by atoms with Crippen molar-refractivity contribution in [3.05, 3.63) is 54.1 Å². The van der Waals surface area contributed by atoms with Crippen molar-refractivity contribution in [1.29, 1.82) is 0 Å². The third kappa shape index (κ3) is 3.65. The van der Waals surface area contributed by atoms with E-state index in [2.05, 4.69) is 12.1 Å². The van der Waals surface area contributed by atoms with Crippen LogP contribution in [0.3, 0.4) is 0 Å². The molecule has 1 aliphatic heterocycles. The van der Waals surface area contributed by atoms with E-state index in [-0.39, 0.29) is 4.90 Å². The molecule has 3 rings (SSSR count). The summed E-state index contributed by atoms with van der Waals surface area (Å²) in [4.78, 5) is 0.239. The fraction of sp³-hybridized carbons (Fsp3) is 0.368. The van der Waals surface area contributed by atoms with E-state index < -0.39 is 10.0 Å². The second-order valence-electron chi connectivity index (χ2n) is 6.11. The van der Waals surface area contributed by atoms with Gasteiger partial charge in [-0.05, 0) is 36.5 Å². The summed E-state index contributed by atoms with van der Waals surface area (Å²) >= 11 is 0. The smallest absolute Gasteiger partial charge is 0.243 e. The van der Waals surface area contributed by atoms with Crippen LogP contribution >= 0.6 is 0 Å². The Morgan fingerprint density at radius 2 is 1.56 bits per heavy atom. The summed E-state index contributed by atoms with van der Waals surface area (Å²) in [7, 11) is -0.500. The molecule has 0 bridgehead atoms. The van der Waals surface area contributed by atoms with Crippen molar-refractivity contribution in [3.63, 3.8) is 0 Å². The van der Waals surface area contributed by atoms with Crippen molar-refractivity contribution < 1.29 is 17.9 Å². The highest BCUT2D eigenvalue weighted by atomic mass is 32.2. The molecule has 0 aromatic heterocycles. The average Bonchev–Trinajstić information content (AvgIpc) is 2.68. The van der Waals surface area contributed by atoms with Gasteiger partial charge >= 0.3 is 0 Å². The molecule has 0 amide bonds. The lowest BCUT2D eigenvalue weighted by molar-refractivity contribution is 0.319. The zero-order valence-corrected chi connectivity index (χ0v) is 15.3. The van der Waals surface area contributed by atoms with Gasteiger partial charge in [-0.2, -0.15) is 4.31 Å². The van der Waals surface area contributed by atoms with Gasteiger partial charge in [-0.3, -0.25) is 0 Å². The second-order valence-corrected chi connectivity index (χ2v) is 8.04. The first-order valence-corrected chi connectivity index (χ1v) is 9.77. The predicted octanol–water partition coefficient (Wildman–Crippen LogP) is 3.27. The molecule has 0 unspecified atom stereocenters. The van der Waals surface area contributed by atoms with Gasteiger partial charge in [-0.15, -0.1) is 0 Å². The van der Waals surface area contributed by atoms with Gasteiger partial charge in [-0.25, -0.2) is 8.42 Å². The average molecular weight is 361 g/mol. The molecular formula is C19H23NO4S. The Morgan fingerprint density at radius 1 is 0.920 bits per heavy atom. The molecule has 0 radical (unpaired) electrons. The van der Waals surface area contributed by atoms with Crippen LogP contribution in [0.5, 0.6) is 11.5 Å². The van der Waals surface area contributed by atoms with E-state index in [0.29, 0.717) is 30.5 Å². The number of benzene rings is 2. The summed E-state index contributed by atoms with van der Waals surface area (Å²) in [6.07, 6.45) is 1.66. The molecule has 1 saturated heterocycles. The zero-order valence-electron chi connectivity index (χ0n) is 14.5. The lowest BCUT2D eigenvalue weighted by Crippen LogP contribution is -2.37. The first-order chi connectivity index (χ1) is 12.1. The number of sulfonamides is 1. The highest BCUT2D eigenvalue weighted by Gasteiger charge is 2.30. The third-order valence-electron chi connectivity index (χ3n) is 4.72. The Bertz CT molecular complexity index is 813. The minimum absolute atomic E-state index is 0.239. The molecule has 0 spiro atoms. The summed E-state index contributed by atoms with van der Waals surface area (Å²) in [5.74, 6) is 1.35. The maximum atomic E-state index is 12.9. The Labute approximate surface area is 149 Å². The Hall–Kier alpha value is -2.05. The molecular weight excluding hydrogens is 338 g/mol. The Balaban J connectivity index is 1.76. The van der Waals surface area contributed by atoms with Gasteiger partial charge in [-0.1, -0.05) is 30.3 Å². The third-order valence-corrected chi connectivity index (χ3v) is 6.61. The highest BCUT2D eigenvalue weighted by Crippen LogP contribution is 2.33. The van der Waals surface area contributed by atoms with Crippen molar-refractivity contribution >= 4 is 10.0 Å². The van der Waals surface area contributed by atoms with Crippen molar-refractivity contribution in [1.82, 2.24) is 4.31 Å². The predicted molar refractivity (Wildman–Crippen MR) is 96.7 cm³/mol. The van der Waals surface area contributed by atoms with E-state index in [1.165, 1.54) is 25.8 Å². The molecule has 2 aromatic rings. The molecule has 0 N–H and O–H groups in total. The lowest BCUT2D eigenvalue weighted by Gasteiger charge is -2.31. The highest BCUT2D eigenvalue weighted by molar-refractivity contribution is 7.89. The fourth-order valence-corrected chi connectivity index (χ4v) is 4.77. The standard InChI is InChI=1S/C19H23NO4S/c1-23-18-9-8-17(14-19(18)24-2)25(21,22)20-12-10-16(11-13-20)15-6-4-3-5-7-15/h3-9,14,16H,10-13H2,1-2H3. The van der Waals surface area contributed by atoms with Crippen molar-refractivity contribution in [3.8, 4) is 11.5 Å². The second kappa shape index (κ2) is 7.45. The van der Waals surface area contributed by atoms with Gasteiger partial charge < -0.3 is 9.47 Å². The normalized spacial score (nSPS) is 16.6. The Morgan fingerprint density at radius 3 is 2.16 bits per heavy atom. The first kappa shape index (κ1) is 17.8. The van der Waals surface area contributed by atoms with Crippen LogP contribution in [0.25, 0.3) is 0 Å². The van der Waals surface area contributed by atoms with Gasteiger partial charge in [0.15, 0.2) is 11.5 Å². The molecule has 2 aromatic carbocycles. The van der Waals surface area contributed by atoms with Gasteiger partial charge in [0, 0.05) is 19.2 Å². The van der Waals surface area contributed by atoms with Gasteiger partial charge in [0.25, 0.3) is 0 Å². The number of hydrogen-bond acceptors (Lipinski definition) is 4. The summed E-state index contributed by atoms with van der Waals surface area (Å²) in [5.41, 5.74) is 1.28. The summed E-state index contributed by atoms with van der Waals surface area (Å²) in [6, 6.07) is 15.0. The van der Waals surface area contributed by atoms with E-state index in [9.17, 15) is 8.42 Å². The maximum Gasteiger partial charge on any atom is 0.243 e. The lowest BCUT2D eigenvalue weighted by atomic mass is 9.90. The van der Waals surface area contributed by atoms with Crippen LogP contribution in [-0.2, 0) is 10.0 Å². The molecule has 0 aliphatic carbocycles. The monoisotopic (exact) mass is 361 g/mol. The molecule has 6 heteroatoms. The van der Waals surface area contributed by atoms with E-state index in [1.807, 2.05) is 18.2 Å². The quantitative estimate of drug-likeness (QED) is 0.820. The fourth-order valence-electron chi connectivity index (χ4n) is 3.28. The Kier molecular flexibility index (Phi) is 5.30. The summed E-state index contributed by atoms with van der Waals surface area (Å²) < 4.78 is 37.8. The number of piperidine rings is 1. The molecule has 0 saturated carbocycles. The maximum absolute atomic E-state index is 12.9. The number of ether oxygens (including phenoxy) is 2.